The van der Waals surface area contributed by atoms with Crippen LogP contribution >= 0.6 is 11.6 Å². The Balaban J connectivity index is 1.91. The van der Waals surface area contributed by atoms with Crippen LogP contribution in [0.1, 0.15) is 37.0 Å². The number of hydrogen-bond donors (Lipinski definition) is 1. The molecule has 2 heterocycles. The van der Waals surface area contributed by atoms with E-state index in [-0.39, 0.29) is 5.91 Å². The van der Waals surface area contributed by atoms with Crippen molar-refractivity contribution in [3.05, 3.63) is 29.0 Å². The van der Waals surface area contributed by atoms with Crippen LogP contribution in [0.25, 0.3) is 0 Å². The number of rotatable bonds is 5. The van der Waals surface area contributed by atoms with Crippen LogP contribution in [-0.4, -0.2) is 41.5 Å². The van der Waals surface area contributed by atoms with Crippen molar-refractivity contribution in [2.45, 2.75) is 32.7 Å². The van der Waals surface area contributed by atoms with Gasteiger partial charge in [-0.3, -0.25) is 9.69 Å². The van der Waals surface area contributed by atoms with E-state index in [1.165, 1.54) is 19.0 Å². The van der Waals surface area contributed by atoms with Gasteiger partial charge in [-0.25, -0.2) is 4.98 Å². The molecule has 0 spiro atoms. The van der Waals surface area contributed by atoms with Crippen molar-refractivity contribution in [2.24, 2.45) is 5.92 Å². The van der Waals surface area contributed by atoms with Crippen molar-refractivity contribution < 1.29 is 4.79 Å². The minimum absolute atomic E-state index is 0.0842. The van der Waals surface area contributed by atoms with Crippen molar-refractivity contribution in [3.63, 3.8) is 0 Å². The standard InChI is InChI=1S/C15H22ClN3O/c1-11(2)13(19-7-3-4-8-19)10-18-15(20)12-5-6-14(16)17-9-12/h5-6,9,11,13H,3-4,7-8,10H2,1-2H3,(H,18,20). The molecule has 1 aromatic heterocycles. The van der Waals surface area contributed by atoms with Crippen LogP contribution in [0.4, 0.5) is 0 Å². The number of aromatic nitrogens is 1. The van der Waals surface area contributed by atoms with E-state index >= 15 is 0 Å². The number of halogens is 1. The van der Waals surface area contributed by atoms with Gasteiger partial charge in [0, 0.05) is 18.8 Å². The summed E-state index contributed by atoms with van der Waals surface area (Å²) in [6.45, 7) is 7.37. The number of nitrogens with zero attached hydrogens (tertiary/aromatic N) is 2. The largest absolute Gasteiger partial charge is 0.350 e. The molecule has 1 aliphatic heterocycles. The first-order valence-electron chi connectivity index (χ1n) is 7.21. The van der Waals surface area contributed by atoms with Crippen LogP contribution in [0, 0.1) is 5.92 Å². The van der Waals surface area contributed by atoms with E-state index in [0.717, 1.165) is 13.1 Å². The topological polar surface area (TPSA) is 45.2 Å². The second kappa shape index (κ2) is 7.04. The highest BCUT2D eigenvalue weighted by molar-refractivity contribution is 6.29. The maximum absolute atomic E-state index is 12.1. The molecule has 5 heteroatoms. The lowest BCUT2D eigenvalue weighted by molar-refractivity contribution is 0.0927. The third kappa shape index (κ3) is 3.93. The van der Waals surface area contributed by atoms with E-state index in [0.29, 0.717) is 29.2 Å². The molecule has 1 saturated heterocycles. The van der Waals surface area contributed by atoms with E-state index in [1.807, 2.05) is 0 Å². The maximum atomic E-state index is 12.1. The highest BCUT2D eigenvalue weighted by Crippen LogP contribution is 2.17. The monoisotopic (exact) mass is 295 g/mol. The highest BCUT2D eigenvalue weighted by atomic mass is 35.5. The minimum Gasteiger partial charge on any atom is -0.350 e. The van der Waals surface area contributed by atoms with Gasteiger partial charge in [-0.15, -0.1) is 0 Å². The first-order chi connectivity index (χ1) is 9.58. The van der Waals surface area contributed by atoms with Crippen LogP contribution in [0.2, 0.25) is 5.15 Å². The second-order valence-corrected chi connectivity index (χ2v) is 6.02. The SMILES string of the molecule is CC(C)C(CNC(=O)c1ccc(Cl)nc1)N1CCCC1. The van der Waals surface area contributed by atoms with Gasteiger partial charge in [0.15, 0.2) is 0 Å². The smallest absolute Gasteiger partial charge is 0.252 e. The fraction of sp³-hybridized carbons (Fsp3) is 0.600. The van der Waals surface area contributed by atoms with Gasteiger partial charge in [-0.2, -0.15) is 0 Å². The molecule has 1 unspecified atom stereocenters. The van der Waals surface area contributed by atoms with Gasteiger partial charge < -0.3 is 5.32 Å². The van der Waals surface area contributed by atoms with Gasteiger partial charge in [-0.1, -0.05) is 25.4 Å². The van der Waals surface area contributed by atoms with Gasteiger partial charge >= 0.3 is 0 Å². The van der Waals surface area contributed by atoms with E-state index in [2.05, 4.69) is 29.0 Å². The van der Waals surface area contributed by atoms with Crippen molar-refractivity contribution in [1.82, 2.24) is 15.2 Å². The van der Waals surface area contributed by atoms with Gasteiger partial charge in [-0.05, 0) is 44.0 Å². The molecule has 1 N–H and O–H groups in total. The van der Waals surface area contributed by atoms with Crippen LogP contribution in [-0.2, 0) is 0 Å². The molecular formula is C15H22ClN3O. The lowest BCUT2D eigenvalue weighted by Gasteiger charge is -2.31. The Hall–Kier alpha value is -1.13. The Bertz CT molecular complexity index is 441. The molecule has 0 aromatic carbocycles. The van der Waals surface area contributed by atoms with E-state index < -0.39 is 0 Å². The number of nitrogens with one attached hydrogen (secondary N) is 1. The summed E-state index contributed by atoms with van der Waals surface area (Å²) in [5.74, 6) is 0.441. The van der Waals surface area contributed by atoms with Crippen molar-refractivity contribution in [2.75, 3.05) is 19.6 Å². The molecule has 0 radical (unpaired) electrons. The fourth-order valence-electron chi connectivity index (χ4n) is 2.67. The summed E-state index contributed by atoms with van der Waals surface area (Å²) in [4.78, 5) is 18.5. The van der Waals surface area contributed by atoms with Crippen molar-refractivity contribution in [1.29, 1.82) is 0 Å². The second-order valence-electron chi connectivity index (χ2n) is 5.63. The molecule has 1 aliphatic rings. The Morgan fingerprint density at radius 1 is 1.40 bits per heavy atom. The quantitative estimate of drug-likeness (QED) is 0.849. The summed E-state index contributed by atoms with van der Waals surface area (Å²) >= 11 is 5.72. The third-order valence-electron chi connectivity index (χ3n) is 3.84. The molecule has 1 fully saturated rings. The highest BCUT2D eigenvalue weighted by Gasteiger charge is 2.24. The molecule has 1 atom stereocenters. The van der Waals surface area contributed by atoms with Crippen LogP contribution < -0.4 is 5.32 Å². The molecule has 110 valence electrons. The number of carbonyl (C=O) groups is 1. The molecule has 0 saturated carbocycles. The summed E-state index contributed by atoms with van der Waals surface area (Å²) in [5, 5.41) is 3.41. The van der Waals surface area contributed by atoms with Crippen LogP contribution in [0.15, 0.2) is 18.3 Å². The molecule has 1 amide bonds. The average molecular weight is 296 g/mol. The van der Waals surface area contributed by atoms with Gasteiger partial charge in [0.25, 0.3) is 5.91 Å². The summed E-state index contributed by atoms with van der Waals surface area (Å²) in [6, 6.07) is 3.74. The zero-order valence-electron chi connectivity index (χ0n) is 12.1. The number of pyridine rings is 1. The zero-order valence-corrected chi connectivity index (χ0v) is 12.9. The van der Waals surface area contributed by atoms with E-state index in [1.54, 1.807) is 12.1 Å². The lowest BCUT2D eigenvalue weighted by Crippen LogP contribution is -2.45. The summed E-state index contributed by atoms with van der Waals surface area (Å²) in [7, 11) is 0. The Morgan fingerprint density at radius 3 is 2.65 bits per heavy atom. The van der Waals surface area contributed by atoms with E-state index in [4.69, 9.17) is 11.6 Å². The number of hydrogen-bond acceptors (Lipinski definition) is 3. The predicted octanol–water partition coefficient (Wildman–Crippen LogP) is 2.59. The van der Waals surface area contributed by atoms with Gasteiger partial charge in [0.2, 0.25) is 0 Å². The molecule has 4 nitrogen and oxygen atoms in total. The maximum Gasteiger partial charge on any atom is 0.252 e. The lowest BCUT2D eigenvalue weighted by atomic mass is 10.0. The molecule has 1 aromatic rings. The Kier molecular flexibility index (Phi) is 5.38. The third-order valence-corrected chi connectivity index (χ3v) is 4.06. The molecular weight excluding hydrogens is 274 g/mol. The Labute approximate surface area is 125 Å². The molecule has 2 rings (SSSR count). The summed E-state index contributed by atoms with van der Waals surface area (Å²) in [6.07, 6.45) is 4.04. The first kappa shape index (κ1) is 15.3. The van der Waals surface area contributed by atoms with E-state index in [9.17, 15) is 4.79 Å². The fourth-order valence-corrected chi connectivity index (χ4v) is 2.78. The molecule has 20 heavy (non-hydrogen) atoms. The zero-order chi connectivity index (χ0) is 14.5. The van der Waals surface area contributed by atoms with Crippen LogP contribution in [0.5, 0.6) is 0 Å². The van der Waals surface area contributed by atoms with Gasteiger partial charge in [0.1, 0.15) is 5.15 Å². The summed E-state index contributed by atoms with van der Waals surface area (Å²) in [5.41, 5.74) is 0.554. The number of amides is 1. The minimum atomic E-state index is -0.0842. The van der Waals surface area contributed by atoms with Crippen molar-refractivity contribution in [3.8, 4) is 0 Å². The summed E-state index contributed by atoms with van der Waals surface area (Å²) < 4.78 is 0. The van der Waals surface area contributed by atoms with Crippen LogP contribution in [0.3, 0.4) is 0 Å². The molecule has 0 aliphatic carbocycles. The van der Waals surface area contributed by atoms with Crippen molar-refractivity contribution >= 4 is 17.5 Å². The predicted molar refractivity (Wildman–Crippen MR) is 81.0 cm³/mol. The number of carbonyl (C=O) groups excluding carboxylic acids is 1. The van der Waals surface area contributed by atoms with Gasteiger partial charge in [0.05, 0.1) is 5.56 Å². The normalized spacial score (nSPS) is 17.4. The Morgan fingerprint density at radius 2 is 2.10 bits per heavy atom. The number of likely N-dealkylation sites (tertiary alicyclic amines) is 1. The first-order valence-corrected chi connectivity index (χ1v) is 7.59. The average Bonchev–Trinajstić information content (AvgIpc) is 2.93. The molecule has 0 bridgehead atoms.